The number of aliphatic hydroxyl groups is 1. The largest absolute Gasteiger partial charge is 0.396 e. The van der Waals surface area contributed by atoms with Crippen LogP contribution in [0.1, 0.15) is 65.7 Å². The minimum atomic E-state index is -0.233. The van der Waals surface area contributed by atoms with Gasteiger partial charge < -0.3 is 15.4 Å². The molecule has 126 valence electrons. The Bertz CT molecular complexity index is 709. The molecule has 1 aromatic heterocycles. The first kappa shape index (κ1) is 15.5. The van der Waals surface area contributed by atoms with E-state index < -0.39 is 0 Å². The fourth-order valence-corrected chi connectivity index (χ4v) is 3.92. The molecule has 4 rings (SSSR count). The summed E-state index contributed by atoms with van der Waals surface area (Å²) in [6, 6.07) is 11.9. The average Bonchev–Trinajstić information content (AvgIpc) is 3.30. The summed E-state index contributed by atoms with van der Waals surface area (Å²) in [4.78, 5) is 16.0. The van der Waals surface area contributed by atoms with Crippen LogP contribution in [0.4, 0.5) is 0 Å². The standard InChI is InChI=1S/C20H24N2O2/c23-13-20(10-4-11-20)18(15-5-2-1-3-6-15)22-19(24)17-16(9-12-21-17)14-7-8-14/h1-3,5-6,9,12,14,18,21,23H,4,7-8,10-11,13H2,(H,22,24). The molecule has 2 saturated carbocycles. The van der Waals surface area contributed by atoms with Gasteiger partial charge in [-0.15, -0.1) is 0 Å². The first-order valence-corrected chi connectivity index (χ1v) is 8.87. The molecule has 1 atom stereocenters. The molecule has 4 heteroatoms. The summed E-state index contributed by atoms with van der Waals surface area (Å²) in [5.74, 6) is 0.471. The number of aliphatic hydroxyl groups excluding tert-OH is 1. The van der Waals surface area contributed by atoms with Crippen molar-refractivity contribution in [2.24, 2.45) is 5.41 Å². The summed E-state index contributed by atoms with van der Waals surface area (Å²) in [7, 11) is 0. The molecule has 0 spiro atoms. The number of aromatic amines is 1. The second kappa shape index (κ2) is 6.10. The fourth-order valence-electron chi connectivity index (χ4n) is 3.92. The highest BCUT2D eigenvalue weighted by molar-refractivity contribution is 5.94. The Balaban J connectivity index is 1.62. The van der Waals surface area contributed by atoms with E-state index in [1.807, 2.05) is 42.6 Å². The second-order valence-electron chi connectivity index (χ2n) is 7.27. The van der Waals surface area contributed by atoms with Crippen LogP contribution < -0.4 is 5.32 Å². The summed E-state index contributed by atoms with van der Waals surface area (Å²) in [6.07, 6.45) is 7.19. The maximum absolute atomic E-state index is 12.9. The van der Waals surface area contributed by atoms with Gasteiger partial charge in [-0.05, 0) is 48.8 Å². The number of carbonyl (C=O) groups is 1. The maximum atomic E-state index is 12.9. The third-order valence-electron chi connectivity index (χ3n) is 5.71. The van der Waals surface area contributed by atoms with E-state index in [4.69, 9.17) is 0 Å². The lowest BCUT2D eigenvalue weighted by atomic mass is 9.63. The van der Waals surface area contributed by atoms with Crippen molar-refractivity contribution in [2.75, 3.05) is 6.61 Å². The topological polar surface area (TPSA) is 65.1 Å². The van der Waals surface area contributed by atoms with Crippen molar-refractivity contribution in [1.82, 2.24) is 10.3 Å². The third-order valence-corrected chi connectivity index (χ3v) is 5.71. The summed E-state index contributed by atoms with van der Waals surface area (Å²) in [5.41, 5.74) is 2.65. The zero-order valence-corrected chi connectivity index (χ0v) is 13.8. The average molecular weight is 324 g/mol. The molecule has 2 fully saturated rings. The molecule has 3 N–H and O–H groups in total. The molecule has 4 nitrogen and oxygen atoms in total. The quantitative estimate of drug-likeness (QED) is 0.761. The Hall–Kier alpha value is -2.07. The van der Waals surface area contributed by atoms with Gasteiger partial charge in [0.25, 0.3) is 5.91 Å². The number of carbonyl (C=O) groups excluding carboxylic acids is 1. The Morgan fingerprint density at radius 3 is 2.58 bits per heavy atom. The lowest BCUT2D eigenvalue weighted by Crippen LogP contribution is -2.47. The smallest absolute Gasteiger partial charge is 0.268 e. The summed E-state index contributed by atoms with van der Waals surface area (Å²) in [5, 5.41) is 13.2. The van der Waals surface area contributed by atoms with E-state index in [1.165, 1.54) is 12.8 Å². The number of nitrogens with one attached hydrogen (secondary N) is 2. The first-order chi connectivity index (χ1) is 11.7. The zero-order chi connectivity index (χ0) is 16.6. The van der Waals surface area contributed by atoms with Crippen LogP contribution in [0.5, 0.6) is 0 Å². The van der Waals surface area contributed by atoms with Gasteiger partial charge >= 0.3 is 0 Å². The van der Waals surface area contributed by atoms with E-state index in [1.54, 1.807) is 0 Å². The van der Waals surface area contributed by atoms with Crippen molar-refractivity contribution in [2.45, 2.75) is 44.1 Å². The lowest BCUT2D eigenvalue weighted by molar-refractivity contribution is 0.00592. The molecule has 24 heavy (non-hydrogen) atoms. The Kier molecular flexibility index (Phi) is 3.93. The van der Waals surface area contributed by atoms with Gasteiger partial charge in [-0.2, -0.15) is 0 Å². The molecule has 1 amide bonds. The normalized spacial score (nSPS) is 20.2. The highest BCUT2D eigenvalue weighted by atomic mass is 16.3. The van der Waals surface area contributed by atoms with Gasteiger partial charge in [0, 0.05) is 11.6 Å². The highest BCUT2D eigenvalue weighted by Crippen LogP contribution is 2.50. The third kappa shape index (κ3) is 2.65. The van der Waals surface area contributed by atoms with Gasteiger partial charge in [-0.25, -0.2) is 0 Å². The van der Waals surface area contributed by atoms with E-state index in [0.717, 1.165) is 30.4 Å². The molecular weight excluding hydrogens is 300 g/mol. The van der Waals surface area contributed by atoms with Crippen LogP contribution in [0.15, 0.2) is 42.6 Å². The number of amides is 1. The predicted molar refractivity (Wildman–Crippen MR) is 92.8 cm³/mol. The van der Waals surface area contributed by atoms with Crippen LogP contribution in [0, 0.1) is 5.41 Å². The molecule has 0 bridgehead atoms. The predicted octanol–water partition coefficient (Wildman–Crippen LogP) is 3.53. The molecule has 2 aromatic rings. The molecular formula is C20H24N2O2. The van der Waals surface area contributed by atoms with Gasteiger partial charge in [-0.3, -0.25) is 4.79 Å². The fraction of sp³-hybridized carbons (Fsp3) is 0.450. The van der Waals surface area contributed by atoms with Crippen LogP contribution in [0.25, 0.3) is 0 Å². The van der Waals surface area contributed by atoms with Crippen LogP contribution >= 0.6 is 0 Å². The number of H-pyrrole nitrogens is 1. The number of benzene rings is 1. The molecule has 0 saturated heterocycles. The minimum Gasteiger partial charge on any atom is -0.396 e. The van der Waals surface area contributed by atoms with E-state index in [2.05, 4.69) is 10.3 Å². The van der Waals surface area contributed by atoms with E-state index in [0.29, 0.717) is 11.6 Å². The summed E-state index contributed by atoms with van der Waals surface area (Å²) in [6.45, 7) is 0.104. The highest BCUT2D eigenvalue weighted by Gasteiger charge is 2.45. The van der Waals surface area contributed by atoms with E-state index in [9.17, 15) is 9.90 Å². The van der Waals surface area contributed by atoms with Crippen LogP contribution in [0.2, 0.25) is 0 Å². The lowest BCUT2D eigenvalue weighted by Gasteiger charge is -2.47. The van der Waals surface area contributed by atoms with Gasteiger partial charge in [-0.1, -0.05) is 36.8 Å². The number of hydrogen-bond acceptors (Lipinski definition) is 2. The van der Waals surface area contributed by atoms with E-state index >= 15 is 0 Å². The molecule has 2 aliphatic rings. The molecule has 1 aromatic carbocycles. The maximum Gasteiger partial charge on any atom is 0.268 e. The van der Waals surface area contributed by atoms with Crippen molar-refractivity contribution in [1.29, 1.82) is 0 Å². The van der Waals surface area contributed by atoms with Crippen molar-refractivity contribution < 1.29 is 9.90 Å². The molecule has 1 unspecified atom stereocenters. The van der Waals surface area contributed by atoms with Crippen molar-refractivity contribution in [3.05, 3.63) is 59.4 Å². The Labute approximate surface area is 142 Å². The van der Waals surface area contributed by atoms with E-state index in [-0.39, 0.29) is 24.0 Å². The molecule has 1 heterocycles. The summed E-state index contributed by atoms with van der Waals surface area (Å²) >= 11 is 0. The zero-order valence-electron chi connectivity index (χ0n) is 13.8. The van der Waals surface area contributed by atoms with Crippen LogP contribution in [0.3, 0.4) is 0 Å². The molecule has 0 radical (unpaired) electrons. The van der Waals surface area contributed by atoms with Crippen molar-refractivity contribution >= 4 is 5.91 Å². The SMILES string of the molecule is O=C(NC(c1ccccc1)C1(CO)CCC1)c1[nH]ccc1C1CC1. The van der Waals surface area contributed by atoms with Crippen molar-refractivity contribution in [3.8, 4) is 0 Å². The molecule has 2 aliphatic carbocycles. The number of hydrogen-bond donors (Lipinski definition) is 3. The molecule has 0 aliphatic heterocycles. The number of aromatic nitrogens is 1. The monoisotopic (exact) mass is 324 g/mol. The van der Waals surface area contributed by atoms with Gasteiger partial charge in [0.15, 0.2) is 0 Å². The van der Waals surface area contributed by atoms with Gasteiger partial charge in [0.2, 0.25) is 0 Å². The van der Waals surface area contributed by atoms with Gasteiger partial charge in [0.1, 0.15) is 5.69 Å². The van der Waals surface area contributed by atoms with Gasteiger partial charge in [0.05, 0.1) is 12.6 Å². The Morgan fingerprint density at radius 1 is 1.25 bits per heavy atom. The van der Waals surface area contributed by atoms with Crippen LogP contribution in [-0.2, 0) is 0 Å². The van der Waals surface area contributed by atoms with Crippen LogP contribution in [-0.4, -0.2) is 22.6 Å². The second-order valence-corrected chi connectivity index (χ2v) is 7.27. The number of rotatable bonds is 6. The Morgan fingerprint density at radius 2 is 2.00 bits per heavy atom. The summed E-state index contributed by atoms with van der Waals surface area (Å²) < 4.78 is 0. The van der Waals surface area contributed by atoms with Crippen molar-refractivity contribution in [3.63, 3.8) is 0 Å². The first-order valence-electron chi connectivity index (χ1n) is 8.87. The minimum absolute atomic E-state index is 0.0597.